The molecule has 0 saturated heterocycles. The van der Waals surface area contributed by atoms with Crippen molar-refractivity contribution < 1.29 is 103 Å². The number of amides is 7. The van der Waals surface area contributed by atoms with Crippen LogP contribution in [0.5, 0.6) is 0 Å². The minimum atomic E-state index is -2.36. The van der Waals surface area contributed by atoms with Crippen LogP contribution in [-0.4, -0.2) is 177 Å². The van der Waals surface area contributed by atoms with Crippen LogP contribution in [0, 0.1) is 14.3 Å². The molecule has 0 aliphatic rings. The average molecular weight is 1580 g/mol. The molecule has 0 unspecified atom stereocenters. The van der Waals surface area contributed by atoms with Crippen molar-refractivity contribution >= 4 is 185 Å². The topological polar surface area (TPSA) is 509 Å². The molecule has 1 aromatic heterocycles. The molecule has 80 heavy (non-hydrogen) atoms. The van der Waals surface area contributed by atoms with E-state index >= 15 is 0 Å². The van der Waals surface area contributed by atoms with Gasteiger partial charge < -0.3 is 83.3 Å². The van der Waals surface area contributed by atoms with E-state index in [2.05, 4.69) is 105 Å². The first-order valence-corrected chi connectivity index (χ1v) is 28.3. The first-order chi connectivity index (χ1) is 37.5. The van der Waals surface area contributed by atoms with E-state index < -0.39 is 164 Å². The summed E-state index contributed by atoms with van der Waals surface area (Å²) in [6.07, 6.45) is -2.50. The number of nitrogens with one attached hydrogen (secondary N) is 7. The van der Waals surface area contributed by atoms with E-state index in [1.54, 1.807) is 6.33 Å². The molecule has 442 valence electrons. The molecular weight excluding hydrogens is 1520 g/mol. The van der Waals surface area contributed by atoms with Crippen molar-refractivity contribution in [1.29, 1.82) is 0 Å². The predicted octanol–water partition coefficient (Wildman–Crippen LogP) is -0.749. The fourth-order valence-corrected chi connectivity index (χ4v) is 11.0. The summed E-state index contributed by atoms with van der Waals surface area (Å²) in [5.41, 5.74) is 7.36. The highest BCUT2D eigenvalue weighted by Gasteiger charge is 2.37. The van der Waals surface area contributed by atoms with Gasteiger partial charge in [-0.15, -0.1) is 0 Å². The zero-order valence-corrected chi connectivity index (χ0v) is 50.6. The van der Waals surface area contributed by atoms with Crippen LogP contribution >= 0.6 is 90.4 Å². The number of imidazole rings is 1. The van der Waals surface area contributed by atoms with Crippen molar-refractivity contribution in [3.05, 3.63) is 20.6 Å². The number of aromatic nitrogens is 2. The average Bonchev–Trinajstić information content (AvgIpc) is 3.82. The third-order valence-electron chi connectivity index (χ3n) is 11.3. The molecule has 31 nitrogen and oxygen atoms in total. The normalized spacial score (nSPS) is 13.6. The highest BCUT2D eigenvalue weighted by Crippen LogP contribution is 2.34. The number of hydrogen-bond donors (Lipinski definition) is 15. The number of halogens is 4. The summed E-state index contributed by atoms with van der Waals surface area (Å²) < 4.78 is 6.50. The standard InChI is InChI=1S/C45H58I4N10O21/c46-33-34(47)36(49)38-37(35(33)48)51-18-59(38)11-7-3-1-2-4-9-26(60)52-20(12-27(61)62)39(73)54-22(14-29(65)66)41(75)56-24(16-31(69)70)43(77)58-25(17-32(71)72)44(78)57-23(15-30(67)68)42(76)55-21(13-28(63)64)40(74)53-19(45(79)80)8-5-6-10-50/h18-25H,1-17,50H2,(H,52,60)(H,53,74)(H,54,73)(H,55,76)(H,56,75)(H,57,78)(H,58,77)(H,61,62)(H,63,64)(H,65,66)(H,67,68)(H,69,70)(H,71,72)(H,79,80)/t19-,20+,21-,22-,23-,24-,25-/m0/s1. The number of hydrogen-bond acceptors (Lipinski definition) is 16. The first kappa shape index (κ1) is 70.3. The van der Waals surface area contributed by atoms with Crippen molar-refractivity contribution in [1.82, 2.24) is 46.8 Å². The van der Waals surface area contributed by atoms with Gasteiger partial charge in [0.1, 0.15) is 47.8 Å². The van der Waals surface area contributed by atoms with E-state index in [0.29, 0.717) is 32.2 Å². The quantitative estimate of drug-likeness (QED) is 0.0170. The lowest BCUT2D eigenvalue weighted by molar-refractivity contribution is -0.145. The van der Waals surface area contributed by atoms with Crippen LogP contribution in [-0.2, 0) is 73.7 Å². The molecule has 0 aliphatic heterocycles. The number of carbonyl (C=O) groups excluding carboxylic acids is 7. The Morgan fingerprint density at radius 2 is 0.750 bits per heavy atom. The lowest BCUT2D eigenvalue weighted by Crippen LogP contribution is -2.61. The van der Waals surface area contributed by atoms with Crippen LogP contribution in [0.3, 0.4) is 0 Å². The summed E-state index contributed by atoms with van der Waals surface area (Å²) in [6, 6.07) is -14.8. The summed E-state index contributed by atoms with van der Waals surface area (Å²) >= 11 is 9.17. The van der Waals surface area contributed by atoms with Crippen LogP contribution < -0.4 is 43.0 Å². The fourth-order valence-electron chi connectivity index (χ4n) is 7.40. The molecule has 0 spiro atoms. The number of nitrogens with two attached hydrogens (primary N) is 1. The van der Waals surface area contributed by atoms with Crippen molar-refractivity contribution in [2.45, 2.75) is 145 Å². The van der Waals surface area contributed by atoms with Gasteiger partial charge in [-0.2, -0.15) is 0 Å². The number of benzene rings is 1. The predicted molar refractivity (Wildman–Crippen MR) is 306 cm³/mol. The van der Waals surface area contributed by atoms with Gasteiger partial charge in [0.25, 0.3) is 0 Å². The highest BCUT2D eigenvalue weighted by molar-refractivity contribution is 14.1. The number of unbranched alkanes of at least 4 members (excludes halogenated alkanes) is 5. The third-order valence-corrected chi connectivity index (χ3v) is 18.6. The van der Waals surface area contributed by atoms with Crippen molar-refractivity contribution in [3.8, 4) is 0 Å². The molecule has 0 fully saturated rings. The molecule has 35 heteroatoms. The van der Waals surface area contributed by atoms with Gasteiger partial charge in [0.05, 0.1) is 57.5 Å². The van der Waals surface area contributed by atoms with E-state index in [1.165, 1.54) is 0 Å². The molecule has 7 atom stereocenters. The van der Waals surface area contributed by atoms with Gasteiger partial charge in [-0.25, -0.2) is 9.78 Å². The molecule has 0 bridgehead atoms. The maximum absolute atomic E-state index is 13.6. The van der Waals surface area contributed by atoms with Gasteiger partial charge >= 0.3 is 41.8 Å². The number of carboxylic acid groups (broad SMARTS) is 7. The number of aliphatic carboxylic acids is 7. The second-order valence-electron chi connectivity index (χ2n) is 17.6. The van der Waals surface area contributed by atoms with E-state index in [1.807, 2.05) is 31.9 Å². The van der Waals surface area contributed by atoms with E-state index in [4.69, 9.17) is 5.73 Å². The Kier molecular flexibility index (Phi) is 30.8. The Balaban J connectivity index is 2.20. The van der Waals surface area contributed by atoms with Crippen LogP contribution in [0.2, 0.25) is 0 Å². The third kappa shape index (κ3) is 24.5. The minimum absolute atomic E-state index is 0.165. The zero-order valence-electron chi connectivity index (χ0n) is 42.0. The van der Waals surface area contributed by atoms with Crippen LogP contribution in [0.15, 0.2) is 6.33 Å². The first-order valence-electron chi connectivity index (χ1n) is 24.0. The molecule has 0 radical (unpaired) electrons. The Morgan fingerprint density at radius 3 is 1.10 bits per heavy atom. The number of carboxylic acids is 7. The van der Waals surface area contributed by atoms with Gasteiger partial charge in [-0.3, -0.25) is 62.3 Å². The zero-order chi connectivity index (χ0) is 60.6. The number of fused-ring (bicyclic) bond motifs is 1. The van der Waals surface area contributed by atoms with Crippen LogP contribution in [0.4, 0.5) is 0 Å². The van der Waals surface area contributed by atoms with E-state index in [0.717, 1.165) is 38.2 Å². The largest absolute Gasteiger partial charge is 0.481 e. The fraction of sp³-hybridized carbons (Fsp3) is 0.533. The van der Waals surface area contributed by atoms with Gasteiger partial charge in [0.15, 0.2) is 0 Å². The highest BCUT2D eigenvalue weighted by atomic mass is 127. The number of carbonyl (C=O) groups is 14. The van der Waals surface area contributed by atoms with Gasteiger partial charge in [-0.1, -0.05) is 19.3 Å². The molecule has 0 aliphatic carbocycles. The second-order valence-corrected chi connectivity index (χ2v) is 21.9. The van der Waals surface area contributed by atoms with Gasteiger partial charge in [0, 0.05) is 20.1 Å². The molecule has 2 aromatic rings. The minimum Gasteiger partial charge on any atom is -0.481 e. The Bertz CT molecular complexity index is 2680. The SMILES string of the molecule is NCCCC[C@H](NC(=O)[C@H](CC(=O)O)NC(=O)[C@H](CC(=O)O)NC(=O)[C@H](CC(=O)O)NC(=O)[C@H](CC(=O)O)NC(=O)[C@H](CC(=O)O)NC(=O)[C@@H](CC(=O)O)NC(=O)CCCCCCCn1cnc2c(I)c(I)c(I)c(I)c21)C(=O)O. The Morgan fingerprint density at radius 1 is 0.425 bits per heavy atom. The lowest BCUT2D eigenvalue weighted by atomic mass is 10.1. The van der Waals surface area contributed by atoms with Crippen molar-refractivity contribution in [3.63, 3.8) is 0 Å². The lowest BCUT2D eigenvalue weighted by Gasteiger charge is -2.26. The molecule has 0 saturated carbocycles. The summed E-state index contributed by atoms with van der Waals surface area (Å²) in [6.45, 7) is 0.859. The summed E-state index contributed by atoms with van der Waals surface area (Å²) in [5.74, 6) is -22.2. The summed E-state index contributed by atoms with van der Waals surface area (Å²) in [5, 5.41) is 80.4. The van der Waals surface area contributed by atoms with Crippen LogP contribution in [0.25, 0.3) is 11.0 Å². The van der Waals surface area contributed by atoms with Gasteiger partial charge in [0.2, 0.25) is 41.4 Å². The molecular formula is C45H58I4N10O21. The summed E-state index contributed by atoms with van der Waals surface area (Å²) in [4.78, 5) is 180. The number of nitrogens with zero attached hydrogens (tertiary/aromatic N) is 2. The molecule has 7 amide bonds. The van der Waals surface area contributed by atoms with E-state index in [-0.39, 0.29) is 25.8 Å². The second kappa shape index (κ2) is 35.1. The Hall–Kier alpha value is -5.85. The smallest absolute Gasteiger partial charge is 0.326 e. The Labute approximate surface area is 508 Å². The molecule has 16 N–H and O–H groups in total. The molecule has 2 rings (SSSR count). The molecule has 1 aromatic carbocycles. The van der Waals surface area contributed by atoms with Crippen molar-refractivity contribution in [2.75, 3.05) is 6.54 Å². The maximum Gasteiger partial charge on any atom is 0.326 e. The summed E-state index contributed by atoms with van der Waals surface area (Å²) in [7, 11) is 0. The van der Waals surface area contributed by atoms with Gasteiger partial charge in [-0.05, 0) is 129 Å². The van der Waals surface area contributed by atoms with Crippen LogP contribution in [0.1, 0.15) is 96.3 Å². The van der Waals surface area contributed by atoms with Crippen molar-refractivity contribution in [2.24, 2.45) is 5.73 Å². The maximum atomic E-state index is 13.6. The monoisotopic (exact) mass is 1580 g/mol. The number of rotatable bonds is 38. The molecule has 1 heterocycles. The van der Waals surface area contributed by atoms with E-state index in [9.17, 15) is 103 Å². The number of aryl methyl sites for hydroxylation is 1.